The van der Waals surface area contributed by atoms with Crippen LogP contribution in [-0.4, -0.2) is 36.6 Å². The summed E-state index contributed by atoms with van der Waals surface area (Å²) in [5.41, 5.74) is 2.45. The van der Waals surface area contributed by atoms with E-state index in [2.05, 4.69) is 48.1 Å². The molecule has 0 saturated heterocycles. The molecule has 0 bridgehead atoms. The first-order valence-electron chi connectivity index (χ1n) is 7.40. The Balaban J connectivity index is 2.02. The first-order chi connectivity index (χ1) is 9.76. The highest BCUT2D eigenvalue weighted by molar-refractivity contribution is 5.81. The van der Waals surface area contributed by atoms with E-state index in [1.165, 1.54) is 16.6 Å². The molecule has 0 aliphatic heterocycles. The van der Waals surface area contributed by atoms with Crippen molar-refractivity contribution in [2.24, 2.45) is 5.92 Å². The molecule has 0 amide bonds. The molecule has 1 aromatic heterocycles. The van der Waals surface area contributed by atoms with Crippen LogP contribution in [0.2, 0.25) is 0 Å². The van der Waals surface area contributed by atoms with E-state index in [-0.39, 0.29) is 0 Å². The van der Waals surface area contributed by atoms with Crippen molar-refractivity contribution in [3.63, 3.8) is 0 Å². The predicted octanol–water partition coefficient (Wildman–Crippen LogP) is 2.47. The van der Waals surface area contributed by atoms with Crippen LogP contribution in [0.5, 0.6) is 0 Å². The van der Waals surface area contributed by atoms with Crippen LogP contribution in [-0.2, 0) is 17.7 Å². The van der Waals surface area contributed by atoms with Gasteiger partial charge in [0.25, 0.3) is 0 Å². The normalized spacial score (nSPS) is 12.9. The summed E-state index contributed by atoms with van der Waals surface area (Å²) in [6.07, 6.45) is 1.01. The molecule has 2 aromatic rings. The highest BCUT2D eigenvalue weighted by atomic mass is 16.5. The van der Waals surface area contributed by atoms with Crippen LogP contribution in [0.15, 0.2) is 24.3 Å². The second-order valence-corrected chi connectivity index (χ2v) is 5.29. The summed E-state index contributed by atoms with van der Waals surface area (Å²) in [6, 6.07) is 8.50. The largest absolute Gasteiger partial charge is 0.383 e. The van der Waals surface area contributed by atoms with Crippen molar-refractivity contribution >= 4 is 10.9 Å². The molecule has 1 N–H and O–H groups in total. The number of aromatic nitrogens is 2. The molecule has 0 spiro atoms. The standard InChI is InChI=1S/C16H25N3O/c1-4-19-16-8-6-5-7-14(16)15(18-19)11-13(2)12-17-9-10-20-3/h5-8,13,17H,4,9-12H2,1-3H3. The Labute approximate surface area is 121 Å². The van der Waals surface area contributed by atoms with Crippen LogP contribution in [0.3, 0.4) is 0 Å². The van der Waals surface area contributed by atoms with E-state index in [0.29, 0.717) is 5.92 Å². The third-order valence-corrected chi connectivity index (χ3v) is 3.55. The van der Waals surface area contributed by atoms with Crippen molar-refractivity contribution in [1.29, 1.82) is 0 Å². The van der Waals surface area contributed by atoms with Gasteiger partial charge in [-0.3, -0.25) is 4.68 Å². The maximum atomic E-state index is 5.04. The summed E-state index contributed by atoms with van der Waals surface area (Å²) in [5, 5.41) is 9.46. The molecule has 2 rings (SSSR count). The second-order valence-electron chi connectivity index (χ2n) is 5.29. The van der Waals surface area contributed by atoms with E-state index in [9.17, 15) is 0 Å². The fraction of sp³-hybridized carbons (Fsp3) is 0.562. The van der Waals surface area contributed by atoms with Gasteiger partial charge in [0.05, 0.1) is 17.8 Å². The lowest BCUT2D eigenvalue weighted by molar-refractivity contribution is 0.198. The minimum Gasteiger partial charge on any atom is -0.383 e. The Morgan fingerprint density at radius 3 is 2.90 bits per heavy atom. The molecule has 4 nitrogen and oxygen atoms in total. The van der Waals surface area contributed by atoms with Gasteiger partial charge >= 0.3 is 0 Å². The Hall–Kier alpha value is -1.39. The molecule has 4 heteroatoms. The van der Waals surface area contributed by atoms with Gasteiger partial charge in [0.2, 0.25) is 0 Å². The first kappa shape index (κ1) is 15.0. The number of nitrogens with zero attached hydrogens (tertiary/aromatic N) is 2. The zero-order chi connectivity index (χ0) is 14.4. The Morgan fingerprint density at radius 1 is 1.35 bits per heavy atom. The first-order valence-corrected chi connectivity index (χ1v) is 7.40. The van der Waals surface area contributed by atoms with Crippen LogP contribution in [0.25, 0.3) is 10.9 Å². The number of hydrogen-bond acceptors (Lipinski definition) is 3. The lowest BCUT2D eigenvalue weighted by atomic mass is 10.0. The summed E-state index contributed by atoms with van der Waals surface area (Å²) in [7, 11) is 1.73. The third kappa shape index (κ3) is 3.58. The molecule has 1 heterocycles. The summed E-state index contributed by atoms with van der Waals surface area (Å²) in [6.45, 7) is 7.99. The third-order valence-electron chi connectivity index (χ3n) is 3.55. The molecule has 0 saturated carbocycles. The second kappa shape index (κ2) is 7.41. The summed E-state index contributed by atoms with van der Waals surface area (Å²) in [4.78, 5) is 0. The van der Waals surface area contributed by atoms with Gasteiger partial charge in [0.15, 0.2) is 0 Å². The molecule has 110 valence electrons. The Morgan fingerprint density at radius 2 is 2.15 bits per heavy atom. The molecule has 0 fully saturated rings. The number of aryl methyl sites for hydroxylation is 1. The maximum absolute atomic E-state index is 5.04. The van der Waals surface area contributed by atoms with Crippen LogP contribution in [0.4, 0.5) is 0 Å². The van der Waals surface area contributed by atoms with Crippen molar-refractivity contribution in [3.8, 4) is 0 Å². The van der Waals surface area contributed by atoms with Gasteiger partial charge in [0.1, 0.15) is 0 Å². The fourth-order valence-electron chi connectivity index (χ4n) is 2.51. The van der Waals surface area contributed by atoms with E-state index in [1.807, 2.05) is 0 Å². The molecule has 0 aliphatic rings. The lowest BCUT2D eigenvalue weighted by Gasteiger charge is -2.11. The molecule has 20 heavy (non-hydrogen) atoms. The van der Waals surface area contributed by atoms with Crippen LogP contribution >= 0.6 is 0 Å². The Kier molecular flexibility index (Phi) is 5.56. The highest BCUT2D eigenvalue weighted by Gasteiger charge is 2.12. The maximum Gasteiger partial charge on any atom is 0.0706 e. The van der Waals surface area contributed by atoms with E-state index >= 15 is 0 Å². The number of benzene rings is 1. The SMILES string of the molecule is CCn1nc(CC(C)CNCCOC)c2ccccc21. The van der Waals surface area contributed by atoms with Gasteiger partial charge in [-0.2, -0.15) is 5.10 Å². The van der Waals surface area contributed by atoms with Crippen molar-refractivity contribution in [2.45, 2.75) is 26.8 Å². The van der Waals surface area contributed by atoms with E-state index < -0.39 is 0 Å². The highest BCUT2D eigenvalue weighted by Crippen LogP contribution is 2.20. The number of methoxy groups -OCH3 is 1. The minimum absolute atomic E-state index is 0.565. The molecular formula is C16H25N3O. The quantitative estimate of drug-likeness (QED) is 0.752. The van der Waals surface area contributed by atoms with Gasteiger partial charge in [0, 0.05) is 25.6 Å². The van der Waals surface area contributed by atoms with Crippen LogP contribution in [0.1, 0.15) is 19.5 Å². The average Bonchev–Trinajstić information content (AvgIpc) is 2.82. The van der Waals surface area contributed by atoms with Crippen molar-refractivity contribution in [2.75, 3.05) is 26.8 Å². The van der Waals surface area contributed by atoms with Crippen molar-refractivity contribution in [3.05, 3.63) is 30.0 Å². The molecular weight excluding hydrogens is 250 g/mol. The number of rotatable bonds is 8. The average molecular weight is 275 g/mol. The summed E-state index contributed by atoms with van der Waals surface area (Å²) < 4.78 is 7.13. The number of fused-ring (bicyclic) bond motifs is 1. The summed E-state index contributed by atoms with van der Waals surface area (Å²) >= 11 is 0. The molecule has 0 aliphatic carbocycles. The molecule has 1 atom stereocenters. The van der Waals surface area contributed by atoms with E-state index in [0.717, 1.165) is 32.7 Å². The fourth-order valence-corrected chi connectivity index (χ4v) is 2.51. The van der Waals surface area contributed by atoms with Crippen molar-refractivity contribution in [1.82, 2.24) is 15.1 Å². The van der Waals surface area contributed by atoms with Gasteiger partial charge < -0.3 is 10.1 Å². The van der Waals surface area contributed by atoms with Crippen LogP contribution in [0, 0.1) is 5.92 Å². The van der Waals surface area contributed by atoms with Crippen LogP contribution < -0.4 is 5.32 Å². The smallest absolute Gasteiger partial charge is 0.0706 e. The van der Waals surface area contributed by atoms with E-state index in [4.69, 9.17) is 9.84 Å². The zero-order valence-electron chi connectivity index (χ0n) is 12.7. The molecule has 0 radical (unpaired) electrons. The molecule has 1 aromatic carbocycles. The zero-order valence-corrected chi connectivity index (χ0v) is 12.7. The number of ether oxygens (including phenoxy) is 1. The topological polar surface area (TPSA) is 39.1 Å². The van der Waals surface area contributed by atoms with Gasteiger partial charge in [-0.1, -0.05) is 25.1 Å². The predicted molar refractivity (Wildman–Crippen MR) is 83.0 cm³/mol. The lowest BCUT2D eigenvalue weighted by Crippen LogP contribution is -2.25. The summed E-state index contributed by atoms with van der Waals surface area (Å²) in [5.74, 6) is 0.565. The van der Waals surface area contributed by atoms with Crippen molar-refractivity contribution < 1.29 is 4.74 Å². The van der Waals surface area contributed by atoms with Gasteiger partial charge in [-0.05, 0) is 31.9 Å². The van der Waals surface area contributed by atoms with E-state index in [1.54, 1.807) is 7.11 Å². The van der Waals surface area contributed by atoms with Gasteiger partial charge in [-0.15, -0.1) is 0 Å². The minimum atomic E-state index is 0.565. The van der Waals surface area contributed by atoms with Gasteiger partial charge in [-0.25, -0.2) is 0 Å². The number of para-hydroxylation sites is 1. The number of hydrogen-bond donors (Lipinski definition) is 1. The monoisotopic (exact) mass is 275 g/mol. The number of nitrogens with one attached hydrogen (secondary N) is 1. The molecule has 1 unspecified atom stereocenters. The Bertz CT molecular complexity index is 536.